The number of hydrogen-bond acceptors (Lipinski definition) is 3. The van der Waals surface area contributed by atoms with Gasteiger partial charge < -0.3 is 9.84 Å². The molecule has 0 unspecified atom stereocenters. The lowest BCUT2D eigenvalue weighted by atomic mass is 10.1. The van der Waals surface area contributed by atoms with Crippen molar-refractivity contribution in [1.82, 2.24) is 5.16 Å². The zero-order chi connectivity index (χ0) is 17.1. The second-order valence-corrected chi connectivity index (χ2v) is 6.39. The molecule has 0 aliphatic heterocycles. The highest BCUT2D eigenvalue weighted by Gasteiger charge is 2.21. The van der Waals surface area contributed by atoms with E-state index in [1.165, 1.54) is 5.56 Å². The van der Waals surface area contributed by atoms with Crippen molar-refractivity contribution in [3.8, 4) is 11.3 Å². The number of nitrogens with zero attached hydrogens (tertiary/aromatic N) is 1. The van der Waals surface area contributed by atoms with Crippen LogP contribution in [0.1, 0.15) is 28.6 Å². The Bertz CT molecular complexity index is 869. The molecule has 1 heterocycles. The monoisotopic (exact) mass is 384 g/mol. The van der Waals surface area contributed by atoms with Crippen molar-refractivity contribution in [2.75, 3.05) is 5.32 Å². The number of aryl methyl sites for hydroxylation is 2. The Balaban J connectivity index is 1.91. The predicted octanol–water partition coefficient (Wildman–Crippen LogP) is 5.23. The zero-order valence-electron chi connectivity index (χ0n) is 13.5. The van der Waals surface area contributed by atoms with E-state index in [-0.39, 0.29) is 5.91 Å². The van der Waals surface area contributed by atoms with Gasteiger partial charge in [0.2, 0.25) is 0 Å². The third-order valence-corrected chi connectivity index (χ3v) is 4.30. The number of nitrogens with one attached hydrogen (secondary N) is 1. The summed E-state index contributed by atoms with van der Waals surface area (Å²) in [5.41, 5.74) is 3.79. The molecule has 1 amide bonds. The normalized spacial score (nSPS) is 10.6. The number of aromatic nitrogens is 1. The Kier molecular flexibility index (Phi) is 4.81. The van der Waals surface area contributed by atoms with Crippen LogP contribution in [0.25, 0.3) is 11.3 Å². The zero-order valence-corrected chi connectivity index (χ0v) is 15.1. The summed E-state index contributed by atoms with van der Waals surface area (Å²) >= 11 is 3.44. The molecule has 1 N–H and O–H groups in total. The largest absolute Gasteiger partial charge is 0.360 e. The van der Waals surface area contributed by atoms with Gasteiger partial charge >= 0.3 is 0 Å². The molecule has 0 saturated carbocycles. The highest BCUT2D eigenvalue weighted by atomic mass is 79.9. The minimum absolute atomic E-state index is 0.229. The molecule has 24 heavy (non-hydrogen) atoms. The van der Waals surface area contributed by atoms with E-state index in [1.807, 2.05) is 48.5 Å². The first-order chi connectivity index (χ1) is 11.6. The van der Waals surface area contributed by atoms with Crippen LogP contribution < -0.4 is 5.32 Å². The van der Waals surface area contributed by atoms with Gasteiger partial charge in [0.05, 0.1) is 0 Å². The van der Waals surface area contributed by atoms with Crippen molar-refractivity contribution in [3.05, 3.63) is 69.9 Å². The van der Waals surface area contributed by atoms with E-state index in [2.05, 4.69) is 33.3 Å². The second kappa shape index (κ2) is 7.01. The van der Waals surface area contributed by atoms with Gasteiger partial charge in [-0.2, -0.15) is 0 Å². The average Bonchev–Trinajstić information content (AvgIpc) is 2.97. The molecule has 0 atom stereocenters. The fraction of sp³-hybridized carbons (Fsp3) is 0.158. The number of hydrogen-bond donors (Lipinski definition) is 1. The number of rotatable bonds is 4. The maximum Gasteiger partial charge on any atom is 0.261 e. The molecule has 0 bridgehead atoms. The SMILES string of the molecule is CCc1ccc(NC(=O)c2c(-c3cccc(Br)c3)noc2C)cc1. The first-order valence-electron chi connectivity index (χ1n) is 7.71. The second-order valence-electron chi connectivity index (χ2n) is 5.48. The molecule has 5 heteroatoms. The minimum atomic E-state index is -0.229. The fourth-order valence-electron chi connectivity index (χ4n) is 2.49. The van der Waals surface area contributed by atoms with E-state index in [1.54, 1.807) is 6.92 Å². The van der Waals surface area contributed by atoms with Gasteiger partial charge in [-0.3, -0.25) is 4.79 Å². The van der Waals surface area contributed by atoms with Gasteiger partial charge in [-0.15, -0.1) is 0 Å². The van der Waals surface area contributed by atoms with Gasteiger partial charge in [0.15, 0.2) is 0 Å². The molecular weight excluding hydrogens is 368 g/mol. The van der Waals surface area contributed by atoms with Crippen molar-refractivity contribution in [2.45, 2.75) is 20.3 Å². The smallest absolute Gasteiger partial charge is 0.261 e. The molecule has 4 nitrogen and oxygen atoms in total. The maximum absolute atomic E-state index is 12.7. The standard InChI is InChI=1S/C19H17BrN2O2/c1-3-13-7-9-16(10-8-13)21-19(23)17-12(2)24-22-18(17)14-5-4-6-15(20)11-14/h4-11H,3H2,1-2H3,(H,21,23). The Hall–Kier alpha value is -2.40. The van der Waals surface area contributed by atoms with E-state index >= 15 is 0 Å². The number of amides is 1. The van der Waals surface area contributed by atoms with Gasteiger partial charge in [-0.25, -0.2) is 0 Å². The third-order valence-electron chi connectivity index (χ3n) is 3.81. The van der Waals surface area contributed by atoms with Gasteiger partial charge in [0, 0.05) is 15.7 Å². The molecule has 2 aromatic carbocycles. The maximum atomic E-state index is 12.7. The summed E-state index contributed by atoms with van der Waals surface area (Å²) in [5, 5.41) is 6.97. The number of halogens is 1. The topological polar surface area (TPSA) is 55.1 Å². The van der Waals surface area contributed by atoms with Crippen LogP contribution in [0.2, 0.25) is 0 Å². The van der Waals surface area contributed by atoms with Crippen LogP contribution in [0.15, 0.2) is 57.5 Å². The van der Waals surface area contributed by atoms with Crippen LogP contribution in [0.4, 0.5) is 5.69 Å². The van der Waals surface area contributed by atoms with Crippen LogP contribution in [-0.2, 0) is 6.42 Å². The van der Waals surface area contributed by atoms with Crippen LogP contribution in [-0.4, -0.2) is 11.1 Å². The first-order valence-corrected chi connectivity index (χ1v) is 8.50. The summed E-state index contributed by atoms with van der Waals surface area (Å²) in [6.45, 7) is 3.84. The Labute approximate surface area is 149 Å². The van der Waals surface area contributed by atoms with E-state index < -0.39 is 0 Å². The quantitative estimate of drug-likeness (QED) is 0.669. The van der Waals surface area contributed by atoms with Gasteiger partial charge in [-0.1, -0.05) is 52.3 Å². The number of benzene rings is 2. The van der Waals surface area contributed by atoms with Gasteiger partial charge in [-0.05, 0) is 43.2 Å². The summed E-state index contributed by atoms with van der Waals surface area (Å²) in [7, 11) is 0. The average molecular weight is 385 g/mol. The van der Waals surface area contributed by atoms with Crippen LogP contribution in [0, 0.1) is 6.92 Å². The highest BCUT2D eigenvalue weighted by Crippen LogP contribution is 2.28. The molecule has 0 aliphatic carbocycles. The lowest BCUT2D eigenvalue weighted by molar-refractivity contribution is 0.102. The van der Waals surface area contributed by atoms with E-state index in [0.29, 0.717) is 17.0 Å². The molecule has 0 fully saturated rings. The van der Waals surface area contributed by atoms with Crippen LogP contribution in [0.5, 0.6) is 0 Å². The Morgan fingerprint density at radius 1 is 1.21 bits per heavy atom. The highest BCUT2D eigenvalue weighted by molar-refractivity contribution is 9.10. The van der Waals surface area contributed by atoms with E-state index in [9.17, 15) is 4.79 Å². The molecule has 0 radical (unpaired) electrons. The first kappa shape index (κ1) is 16.5. The summed E-state index contributed by atoms with van der Waals surface area (Å²) < 4.78 is 6.18. The summed E-state index contributed by atoms with van der Waals surface area (Å²) in [6.07, 6.45) is 0.964. The lowest BCUT2D eigenvalue weighted by Crippen LogP contribution is -2.13. The fourth-order valence-corrected chi connectivity index (χ4v) is 2.89. The van der Waals surface area contributed by atoms with Crippen LogP contribution >= 0.6 is 15.9 Å². The molecule has 0 aliphatic rings. The Morgan fingerprint density at radius 3 is 2.62 bits per heavy atom. The van der Waals surface area contributed by atoms with Crippen LogP contribution in [0.3, 0.4) is 0 Å². The van der Waals surface area contributed by atoms with Gasteiger partial charge in [0.25, 0.3) is 5.91 Å². The van der Waals surface area contributed by atoms with Crippen molar-refractivity contribution < 1.29 is 9.32 Å². The van der Waals surface area contributed by atoms with E-state index in [4.69, 9.17) is 4.52 Å². The van der Waals surface area contributed by atoms with Crippen molar-refractivity contribution in [2.24, 2.45) is 0 Å². The Morgan fingerprint density at radius 2 is 1.96 bits per heavy atom. The number of carbonyl (C=O) groups excluding carboxylic acids is 1. The summed E-state index contributed by atoms with van der Waals surface area (Å²) in [6, 6.07) is 15.4. The molecular formula is C19H17BrN2O2. The molecule has 3 aromatic rings. The van der Waals surface area contributed by atoms with Crippen molar-refractivity contribution in [1.29, 1.82) is 0 Å². The van der Waals surface area contributed by atoms with E-state index in [0.717, 1.165) is 22.1 Å². The third kappa shape index (κ3) is 3.41. The minimum Gasteiger partial charge on any atom is -0.360 e. The molecule has 0 spiro atoms. The molecule has 1 aromatic heterocycles. The molecule has 0 saturated heterocycles. The van der Waals surface area contributed by atoms with Crippen molar-refractivity contribution >= 4 is 27.5 Å². The summed E-state index contributed by atoms with van der Waals surface area (Å²) in [5.74, 6) is 0.264. The van der Waals surface area contributed by atoms with Gasteiger partial charge in [0.1, 0.15) is 17.0 Å². The summed E-state index contributed by atoms with van der Waals surface area (Å²) in [4.78, 5) is 12.7. The molecule has 3 rings (SSSR count). The number of carbonyl (C=O) groups is 1. The lowest BCUT2D eigenvalue weighted by Gasteiger charge is -2.07. The number of anilines is 1. The molecule has 122 valence electrons. The van der Waals surface area contributed by atoms with Crippen molar-refractivity contribution in [3.63, 3.8) is 0 Å². The predicted molar refractivity (Wildman–Crippen MR) is 98.1 cm³/mol.